The monoisotopic (exact) mass is 596 g/mol. The molecular formula is C37H32N4O2S. The Morgan fingerprint density at radius 1 is 0.659 bits per heavy atom. The third kappa shape index (κ3) is 6.09. The van der Waals surface area contributed by atoms with Gasteiger partial charge < -0.3 is 9.47 Å². The summed E-state index contributed by atoms with van der Waals surface area (Å²) in [5.74, 6) is 0.877. The summed E-state index contributed by atoms with van der Waals surface area (Å²) in [5.41, 5.74) is 7.59. The highest BCUT2D eigenvalue weighted by atomic mass is 32.2. The van der Waals surface area contributed by atoms with Crippen LogP contribution in [0.25, 0.3) is 45.0 Å². The number of nitrogens with zero attached hydrogens (tertiary/aromatic N) is 4. The molecule has 0 aliphatic heterocycles. The van der Waals surface area contributed by atoms with Gasteiger partial charge in [0.2, 0.25) is 0 Å². The fraction of sp³-hybridized carbons (Fsp3) is 0.0811. The standard InChI is InChI=1S/C37H32N4O2S/c1-40(2)27-38-44(42,43)34-21-13-12-20-33(34)29-24-22-28(23-25-29)26-41-36(31-16-8-4-9-17-31)35(30-14-6-3-7-15-30)39-37(41)32-18-10-5-11-19-32/h3-25,27H,26H2,1-2H3. The minimum atomic E-state index is -3.87. The molecule has 0 unspecified atom stereocenters. The molecule has 0 fully saturated rings. The summed E-state index contributed by atoms with van der Waals surface area (Å²) in [4.78, 5) is 7.01. The van der Waals surface area contributed by atoms with Crippen molar-refractivity contribution in [3.05, 3.63) is 145 Å². The molecule has 0 atom stereocenters. The predicted octanol–water partition coefficient (Wildman–Crippen LogP) is 7.88. The Labute approximate surface area is 258 Å². The van der Waals surface area contributed by atoms with Crippen LogP contribution in [0.4, 0.5) is 0 Å². The second kappa shape index (κ2) is 12.5. The van der Waals surface area contributed by atoms with Gasteiger partial charge in [0, 0.05) is 42.9 Å². The summed E-state index contributed by atoms with van der Waals surface area (Å²) in [6.45, 7) is 0.571. The summed E-state index contributed by atoms with van der Waals surface area (Å²) in [7, 11) is -0.403. The van der Waals surface area contributed by atoms with E-state index in [4.69, 9.17) is 4.98 Å². The summed E-state index contributed by atoms with van der Waals surface area (Å²) in [6, 6.07) is 45.9. The molecule has 5 aromatic carbocycles. The Bertz CT molecular complexity index is 2000. The van der Waals surface area contributed by atoms with E-state index in [0.29, 0.717) is 12.1 Å². The van der Waals surface area contributed by atoms with Crippen molar-refractivity contribution in [2.24, 2.45) is 4.40 Å². The lowest BCUT2D eigenvalue weighted by Crippen LogP contribution is -2.10. The van der Waals surface area contributed by atoms with Crippen LogP contribution >= 0.6 is 0 Å². The number of imidazole rings is 1. The van der Waals surface area contributed by atoms with Gasteiger partial charge in [-0.25, -0.2) is 4.98 Å². The third-order valence-corrected chi connectivity index (χ3v) is 8.57. The van der Waals surface area contributed by atoms with Crippen LogP contribution in [-0.2, 0) is 16.6 Å². The summed E-state index contributed by atoms with van der Waals surface area (Å²) >= 11 is 0. The van der Waals surface area contributed by atoms with Crippen molar-refractivity contribution < 1.29 is 8.42 Å². The van der Waals surface area contributed by atoms with Gasteiger partial charge in [-0.05, 0) is 17.2 Å². The van der Waals surface area contributed by atoms with Crippen molar-refractivity contribution in [3.63, 3.8) is 0 Å². The van der Waals surface area contributed by atoms with Crippen molar-refractivity contribution in [2.75, 3.05) is 14.1 Å². The van der Waals surface area contributed by atoms with Gasteiger partial charge in [0.15, 0.2) is 0 Å². The van der Waals surface area contributed by atoms with E-state index < -0.39 is 10.0 Å². The zero-order valence-corrected chi connectivity index (χ0v) is 25.4. The Kier molecular flexibility index (Phi) is 8.21. The molecule has 1 aromatic heterocycles. The SMILES string of the molecule is CN(C)C=NS(=O)(=O)c1ccccc1-c1ccc(Cn2c(-c3ccccc3)nc(-c3ccccc3)c2-c2ccccc2)cc1. The number of hydrogen-bond acceptors (Lipinski definition) is 3. The van der Waals surface area contributed by atoms with Crippen molar-refractivity contribution in [3.8, 4) is 45.0 Å². The second-order valence-corrected chi connectivity index (χ2v) is 12.3. The average Bonchev–Trinajstić information content (AvgIpc) is 3.44. The average molecular weight is 597 g/mol. The zero-order chi connectivity index (χ0) is 30.5. The van der Waals surface area contributed by atoms with Gasteiger partial charge in [0.1, 0.15) is 12.2 Å². The lowest BCUT2D eigenvalue weighted by atomic mass is 10.0. The van der Waals surface area contributed by atoms with E-state index in [1.54, 1.807) is 31.1 Å². The smallest absolute Gasteiger partial charge is 0.284 e. The molecule has 0 saturated carbocycles. The molecule has 1 heterocycles. The number of benzene rings is 5. The first-order valence-corrected chi connectivity index (χ1v) is 15.8. The van der Waals surface area contributed by atoms with E-state index in [0.717, 1.165) is 45.0 Å². The van der Waals surface area contributed by atoms with E-state index >= 15 is 0 Å². The highest BCUT2D eigenvalue weighted by Crippen LogP contribution is 2.37. The van der Waals surface area contributed by atoms with Crippen LogP contribution in [0.5, 0.6) is 0 Å². The second-order valence-electron chi connectivity index (χ2n) is 10.7. The summed E-state index contributed by atoms with van der Waals surface area (Å²) < 4.78 is 32.3. The number of hydrogen-bond donors (Lipinski definition) is 0. The highest BCUT2D eigenvalue weighted by molar-refractivity contribution is 7.90. The molecule has 7 heteroatoms. The maximum absolute atomic E-state index is 13.1. The third-order valence-electron chi connectivity index (χ3n) is 7.28. The van der Waals surface area contributed by atoms with Crippen molar-refractivity contribution in [1.29, 1.82) is 0 Å². The van der Waals surface area contributed by atoms with Gasteiger partial charge in [-0.2, -0.15) is 8.42 Å². The van der Waals surface area contributed by atoms with E-state index in [1.165, 1.54) is 6.34 Å². The highest BCUT2D eigenvalue weighted by Gasteiger charge is 2.22. The van der Waals surface area contributed by atoms with Gasteiger partial charge in [-0.3, -0.25) is 0 Å². The van der Waals surface area contributed by atoms with Gasteiger partial charge in [0.25, 0.3) is 10.0 Å². The number of aromatic nitrogens is 2. The largest absolute Gasteiger partial charge is 0.368 e. The molecule has 0 spiro atoms. The van der Waals surface area contributed by atoms with Gasteiger partial charge in [0.05, 0.1) is 16.3 Å². The van der Waals surface area contributed by atoms with Crippen LogP contribution in [0.1, 0.15) is 5.56 Å². The fourth-order valence-electron chi connectivity index (χ4n) is 5.22. The molecule has 6 nitrogen and oxygen atoms in total. The molecule has 44 heavy (non-hydrogen) atoms. The van der Waals surface area contributed by atoms with Crippen molar-refractivity contribution in [1.82, 2.24) is 14.5 Å². The zero-order valence-electron chi connectivity index (χ0n) is 24.6. The maximum Gasteiger partial charge on any atom is 0.284 e. The van der Waals surface area contributed by atoms with Crippen LogP contribution in [0.15, 0.2) is 149 Å². The lowest BCUT2D eigenvalue weighted by molar-refractivity contribution is 0.595. The Balaban J connectivity index is 1.45. The van der Waals surface area contributed by atoms with E-state index in [9.17, 15) is 8.42 Å². The molecule has 0 aliphatic rings. The number of rotatable bonds is 9. The van der Waals surface area contributed by atoms with Crippen LogP contribution in [0.2, 0.25) is 0 Å². The molecular weight excluding hydrogens is 565 g/mol. The van der Waals surface area contributed by atoms with E-state index in [-0.39, 0.29) is 4.90 Å². The topological polar surface area (TPSA) is 67.6 Å². The molecule has 0 radical (unpaired) electrons. The molecule has 0 aliphatic carbocycles. The predicted molar refractivity (Wildman–Crippen MR) is 179 cm³/mol. The quantitative estimate of drug-likeness (QED) is 0.126. The van der Waals surface area contributed by atoms with Crippen LogP contribution in [0.3, 0.4) is 0 Å². The molecule has 6 aromatic rings. The maximum atomic E-state index is 13.1. The normalized spacial score (nSPS) is 11.6. The first kappa shape index (κ1) is 28.8. The minimum Gasteiger partial charge on any atom is -0.368 e. The first-order chi connectivity index (χ1) is 21.4. The molecule has 0 saturated heterocycles. The first-order valence-electron chi connectivity index (χ1n) is 14.3. The van der Waals surface area contributed by atoms with Crippen molar-refractivity contribution in [2.45, 2.75) is 11.4 Å². The van der Waals surface area contributed by atoms with Crippen LogP contribution < -0.4 is 0 Å². The fourth-order valence-corrected chi connectivity index (χ4v) is 6.36. The Morgan fingerprint density at radius 3 is 1.82 bits per heavy atom. The van der Waals surface area contributed by atoms with Gasteiger partial charge in [-0.15, -0.1) is 4.40 Å². The van der Waals surface area contributed by atoms with Crippen LogP contribution in [-0.4, -0.2) is 43.3 Å². The molecule has 218 valence electrons. The van der Waals surface area contributed by atoms with Crippen LogP contribution in [0, 0.1) is 0 Å². The lowest BCUT2D eigenvalue weighted by Gasteiger charge is -2.15. The van der Waals surface area contributed by atoms with Gasteiger partial charge in [-0.1, -0.05) is 133 Å². The summed E-state index contributed by atoms with van der Waals surface area (Å²) in [6.07, 6.45) is 1.30. The van der Waals surface area contributed by atoms with Gasteiger partial charge >= 0.3 is 0 Å². The van der Waals surface area contributed by atoms with E-state index in [1.807, 2.05) is 91.0 Å². The molecule has 0 N–H and O–H groups in total. The number of sulfonamides is 1. The Hall–Kier alpha value is -5.27. The van der Waals surface area contributed by atoms with E-state index in [2.05, 4.69) is 45.4 Å². The van der Waals surface area contributed by atoms with Crippen molar-refractivity contribution >= 4 is 16.4 Å². The molecule has 6 rings (SSSR count). The molecule has 0 amide bonds. The minimum absolute atomic E-state index is 0.172. The molecule has 0 bridgehead atoms. The summed E-state index contributed by atoms with van der Waals surface area (Å²) in [5, 5.41) is 0. The Morgan fingerprint density at radius 2 is 1.20 bits per heavy atom.